The molecule has 1 aliphatic carbocycles. The van der Waals surface area contributed by atoms with Crippen LogP contribution >= 0.6 is 0 Å². The van der Waals surface area contributed by atoms with E-state index in [1.807, 2.05) is 31.2 Å². The zero-order valence-electron chi connectivity index (χ0n) is 15.4. The van der Waals surface area contributed by atoms with Gasteiger partial charge in [-0.25, -0.2) is 13.1 Å². The number of amides is 1. The molecule has 5 nitrogen and oxygen atoms in total. The normalized spacial score (nSPS) is 19.9. The number of fused-ring (bicyclic) bond motifs is 1. The summed E-state index contributed by atoms with van der Waals surface area (Å²) in [7, 11) is -3.64. The molecule has 1 amide bonds. The van der Waals surface area contributed by atoms with Gasteiger partial charge in [0, 0.05) is 12.2 Å². The fourth-order valence-corrected chi connectivity index (χ4v) is 5.21. The fraction of sp³-hybridized carbons (Fsp3) is 0.381. The predicted octanol–water partition coefficient (Wildman–Crippen LogP) is 3.70. The number of anilines is 1. The summed E-state index contributed by atoms with van der Waals surface area (Å²) < 4.78 is 28.2. The first-order valence-corrected chi connectivity index (χ1v) is 10.9. The van der Waals surface area contributed by atoms with Crippen LogP contribution in [0.25, 0.3) is 0 Å². The summed E-state index contributed by atoms with van der Waals surface area (Å²) in [5, 5.41) is 2.91. The molecule has 1 heterocycles. The van der Waals surface area contributed by atoms with E-state index < -0.39 is 10.0 Å². The second-order valence-electron chi connectivity index (χ2n) is 7.57. The summed E-state index contributed by atoms with van der Waals surface area (Å²) >= 11 is 0. The molecule has 0 radical (unpaired) electrons. The number of rotatable bonds is 5. The number of hydrogen-bond donors (Lipinski definition) is 2. The maximum atomic E-state index is 12.8. The van der Waals surface area contributed by atoms with Crippen LogP contribution in [0.3, 0.4) is 0 Å². The second kappa shape index (κ2) is 7.09. The number of aryl methyl sites for hydroxylation is 1. The summed E-state index contributed by atoms with van der Waals surface area (Å²) in [4.78, 5) is 12.7. The first kappa shape index (κ1) is 18.2. The Morgan fingerprint density at radius 3 is 2.48 bits per heavy atom. The lowest BCUT2D eigenvalue weighted by molar-refractivity contribution is -0.118. The minimum Gasteiger partial charge on any atom is -0.325 e. The highest BCUT2D eigenvalue weighted by Crippen LogP contribution is 2.44. The lowest BCUT2D eigenvalue weighted by Gasteiger charge is -2.17. The molecular weight excluding hydrogens is 360 g/mol. The first-order chi connectivity index (χ1) is 12.9. The molecule has 6 heteroatoms. The molecule has 0 spiro atoms. The Kier molecular flexibility index (Phi) is 4.78. The molecular formula is C21H24N2O3S. The number of sulfonamides is 1. The lowest BCUT2D eigenvalue weighted by Crippen LogP contribution is -2.23. The van der Waals surface area contributed by atoms with Gasteiger partial charge in [-0.05, 0) is 55.0 Å². The Labute approximate surface area is 160 Å². The third kappa shape index (κ3) is 3.64. The van der Waals surface area contributed by atoms with Crippen LogP contribution in [-0.4, -0.2) is 14.3 Å². The van der Waals surface area contributed by atoms with E-state index in [4.69, 9.17) is 0 Å². The molecule has 1 saturated carbocycles. The highest BCUT2D eigenvalue weighted by Gasteiger charge is 2.38. The van der Waals surface area contributed by atoms with E-state index in [2.05, 4.69) is 10.0 Å². The van der Waals surface area contributed by atoms with Crippen LogP contribution in [0.1, 0.15) is 48.3 Å². The molecule has 27 heavy (non-hydrogen) atoms. The van der Waals surface area contributed by atoms with Gasteiger partial charge in [-0.15, -0.1) is 0 Å². The summed E-state index contributed by atoms with van der Waals surface area (Å²) in [6.07, 6.45) is 4.33. The summed E-state index contributed by atoms with van der Waals surface area (Å²) in [6, 6.07) is 12.7. The molecule has 2 aromatic rings. The van der Waals surface area contributed by atoms with Gasteiger partial charge >= 0.3 is 0 Å². The van der Waals surface area contributed by atoms with Crippen molar-refractivity contribution in [1.82, 2.24) is 4.72 Å². The number of benzene rings is 2. The predicted molar refractivity (Wildman–Crippen MR) is 105 cm³/mol. The Bertz CT molecular complexity index is 961. The Morgan fingerprint density at radius 2 is 1.78 bits per heavy atom. The van der Waals surface area contributed by atoms with Gasteiger partial charge in [0.05, 0.1) is 10.8 Å². The van der Waals surface area contributed by atoms with Gasteiger partial charge in [0.2, 0.25) is 15.9 Å². The van der Waals surface area contributed by atoms with Gasteiger partial charge in [0.15, 0.2) is 0 Å². The number of hydrogen-bond acceptors (Lipinski definition) is 3. The van der Waals surface area contributed by atoms with Crippen molar-refractivity contribution < 1.29 is 13.2 Å². The molecule has 2 N–H and O–H groups in total. The average molecular weight is 385 g/mol. The van der Waals surface area contributed by atoms with E-state index >= 15 is 0 Å². The van der Waals surface area contributed by atoms with Crippen molar-refractivity contribution >= 4 is 21.6 Å². The van der Waals surface area contributed by atoms with Crippen LogP contribution < -0.4 is 10.0 Å². The van der Waals surface area contributed by atoms with Crippen molar-refractivity contribution in [3.8, 4) is 0 Å². The standard InChI is InChI=1S/C21H24N2O3S/c1-14-6-8-15(9-7-14)13-22-27(25,26)17-10-11-19-18(12-17)20(21(24)23-19)16-4-2-3-5-16/h6-12,16,20,22H,2-5,13H2,1H3,(H,23,24). The van der Waals surface area contributed by atoms with Gasteiger partial charge in [-0.2, -0.15) is 0 Å². The van der Waals surface area contributed by atoms with Gasteiger partial charge in [-0.1, -0.05) is 42.7 Å². The molecule has 1 atom stereocenters. The molecule has 0 saturated heterocycles. The number of carbonyl (C=O) groups is 1. The van der Waals surface area contributed by atoms with E-state index in [0.29, 0.717) is 5.92 Å². The highest BCUT2D eigenvalue weighted by molar-refractivity contribution is 7.89. The van der Waals surface area contributed by atoms with Crippen LogP contribution in [0.4, 0.5) is 5.69 Å². The fourth-order valence-electron chi connectivity index (χ4n) is 4.16. The van der Waals surface area contributed by atoms with Gasteiger partial charge in [0.1, 0.15) is 0 Å². The van der Waals surface area contributed by atoms with Crippen LogP contribution in [0, 0.1) is 12.8 Å². The van der Waals surface area contributed by atoms with E-state index in [9.17, 15) is 13.2 Å². The maximum Gasteiger partial charge on any atom is 0.240 e. The van der Waals surface area contributed by atoms with E-state index in [1.165, 1.54) is 0 Å². The van der Waals surface area contributed by atoms with E-state index in [1.54, 1.807) is 18.2 Å². The van der Waals surface area contributed by atoms with Crippen LogP contribution in [0.2, 0.25) is 0 Å². The second-order valence-corrected chi connectivity index (χ2v) is 9.34. The van der Waals surface area contributed by atoms with Gasteiger partial charge in [-0.3, -0.25) is 4.79 Å². The zero-order chi connectivity index (χ0) is 19.0. The number of carbonyl (C=O) groups excluding carboxylic acids is 1. The monoisotopic (exact) mass is 384 g/mol. The summed E-state index contributed by atoms with van der Waals surface area (Å²) in [6.45, 7) is 2.23. The van der Waals surface area contributed by atoms with Crippen molar-refractivity contribution in [2.75, 3.05) is 5.32 Å². The topological polar surface area (TPSA) is 75.3 Å². The van der Waals surface area contributed by atoms with Crippen molar-refractivity contribution in [2.24, 2.45) is 5.92 Å². The molecule has 1 aliphatic heterocycles. The third-order valence-corrected chi connectivity index (χ3v) is 7.07. The molecule has 0 aromatic heterocycles. The Morgan fingerprint density at radius 1 is 1.07 bits per heavy atom. The molecule has 0 bridgehead atoms. The van der Waals surface area contributed by atoms with Crippen LogP contribution in [0.5, 0.6) is 0 Å². The number of nitrogens with one attached hydrogen (secondary N) is 2. The maximum absolute atomic E-state index is 12.8. The smallest absolute Gasteiger partial charge is 0.240 e. The minimum atomic E-state index is -3.64. The SMILES string of the molecule is Cc1ccc(CNS(=O)(=O)c2ccc3c(c2)C(C2CCCC2)C(=O)N3)cc1. The average Bonchev–Trinajstić information content (AvgIpc) is 3.27. The Hall–Kier alpha value is -2.18. The van der Waals surface area contributed by atoms with E-state index in [-0.39, 0.29) is 23.3 Å². The first-order valence-electron chi connectivity index (χ1n) is 9.44. The Balaban J connectivity index is 1.57. The van der Waals surface area contributed by atoms with Gasteiger partial charge < -0.3 is 5.32 Å². The molecule has 2 aliphatic rings. The molecule has 1 unspecified atom stereocenters. The minimum absolute atomic E-state index is 0.000868. The lowest BCUT2D eigenvalue weighted by atomic mass is 9.86. The van der Waals surface area contributed by atoms with Gasteiger partial charge in [0.25, 0.3) is 0 Å². The molecule has 2 aromatic carbocycles. The van der Waals surface area contributed by atoms with Crippen molar-refractivity contribution in [1.29, 1.82) is 0 Å². The highest BCUT2D eigenvalue weighted by atomic mass is 32.2. The molecule has 142 valence electrons. The largest absolute Gasteiger partial charge is 0.325 e. The van der Waals surface area contributed by atoms with Crippen LogP contribution in [-0.2, 0) is 21.4 Å². The summed E-state index contributed by atoms with van der Waals surface area (Å²) in [5.74, 6) is 0.0820. The van der Waals surface area contributed by atoms with E-state index in [0.717, 1.165) is 48.1 Å². The quantitative estimate of drug-likeness (QED) is 0.825. The molecule has 4 rings (SSSR count). The van der Waals surface area contributed by atoms with Crippen molar-refractivity contribution in [2.45, 2.75) is 50.0 Å². The molecule has 1 fully saturated rings. The summed E-state index contributed by atoms with van der Waals surface area (Å²) in [5.41, 5.74) is 3.61. The van der Waals surface area contributed by atoms with Crippen LogP contribution in [0.15, 0.2) is 47.4 Å². The van der Waals surface area contributed by atoms with Crippen molar-refractivity contribution in [3.63, 3.8) is 0 Å². The third-order valence-electron chi connectivity index (χ3n) is 5.67. The van der Waals surface area contributed by atoms with Crippen molar-refractivity contribution in [3.05, 3.63) is 59.2 Å². The zero-order valence-corrected chi connectivity index (χ0v) is 16.2.